The lowest BCUT2D eigenvalue weighted by Crippen LogP contribution is -2.29. The molecule has 4 rings (SSSR count). The molecule has 1 amide bonds. The van der Waals surface area contributed by atoms with Crippen LogP contribution in [0.5, 0.6) is 5.75 Å². The van der Waals surface area contributed by atoms with Crippen LogP contribution >= 0.6 is 11.6 Å². The van der Waals surface area contributed by atoms with Crippen LogP contribution in [-0.2, 0) is 9.59 Å². The minimum atomic E-state index is -0.944. The molecule has 158 valence electrons. The van der Waals surface area contributed by atoms with Gasteiger partial charge in [0.15, 0.2) is 0 Å². The molecule has 0 aliphatic carbocycles. The predicted octanol–water partition coefficient (Wildman–Crippen LogP) is 5.18. The number of aliphatic hydroxyl groups excluding tert-OH is 1. The monoisotopic (exact) mass is 437 g/mol. The maximum absolute atomic E-state index is 13.1. The second-order valence-corrected chi connectivity index (χ2v) is 7.69. The van der Waals surface area contributed by atoms with Crippen molar-refractivity contribution < 1.29 is 23.8 Å². The first kappa shape index (κ1) is 20.8. The Labute approximate surface area is 184 Å². The molecular weight excluding hydrogens is 418 g/mol. The van der Waals surface area contributed by atoms with Crippen LogP contribution < -0.4 is 9.64 Å². The summed E-state index contributed by atoms with van der Waals surface area (Å²) in [5.41, 5.74) is 1.40. The fraction of sp³-hybridized carbons (Fsp3) is 0.167. The van der Waals surface area contributed by atoms with E-state index in [9.17, 15) is 14.7 Å². The van der Waals surface area contributed by atoms with Crippen molar-refractivity contribution >= 4 is 34.7 Å². The number of amides is 1. The summed E-state index contributed by atoms with van der Waals surface area (Å²) in [5, 5.41) is 11.6. The van der Waals surface area contributed by atoms with Crippen LogP contribution in [0.2, 0.25) is 5.02 Å². The van der Waals surface area contributed by atoms with Crippen molar-refractivity contribution in [2.75, 3.05) is 12.0 Å². The Bertz CT molecular complexity index is 1210. The highest BCUT2D eigenvalue weighted by Crippen LogP contribution is 2.44. The van der Waals surface area contributed by atoms with E-state index in [0.717, 1.165) is 5.56 Å². The van der Waals surface area contributed by atoms with Crippen molar-refractivity contribution in [1.82, 2.24) is 0 Å². The van der Waals surface area contributed by atoms with Crippen LogP contribution in [0.1, 0.15) is 28.7 Å². The number of Topliss-reactive ketones (excluding diaryl/α,β-unsaturated/α-hetero) is 1. The van der Waals surface area contributed by atoms with Crippen molar-refractivity contribution in [1.29, 1.82) is 0 Å². The maximum Gasteiger partial charge on any atom is 0.300 e. The van der Waals surface area contributed by atoms with Crippen LogP contribution in [-0.4, -0.2) is 23.9 Å². The molecule has 1 atom stereocenters. The molecule has 2 heterocycles. The third-order valence-electron chi connectivity index (χ3n) is 5.16. The summed E-state index contributed by atoms with van der Waals surface area (Å²) in [7, 11) is 1.42. The molecule has 31 heavy (non-hydrogen) atoms. The molecule has 6 nitrogen and oxygen atoms in total. The number of ether oxygens (including phenoxy) is 1. The van der Waals surface area contributed by atoms with E-state index in [4.69, 9.17) is 20.8 Å². The SMILES string of the molecule is COc1c(Cl)cc(C)cc1/C(O)=C1\C(=O)C(=O)N(c2ccccc2)C1c1ccc(C)o1. The smallest absolute Gasteiger partial charge is 0.300 e. The van der Waals surface area contributed by atoms with Crippen molar-refractivity contribution in [3.8, 4) is 5.75 Å². The molecule has 1 unspecified atom stereocenters. The van der Waals surface area contributed by atoms with Gasteiger partial charge in [-0.05, 0) is 55.8 Å². The highest BCUT2D eigenvalue weighted by Gasteiger charge is 2.48. The second kappa shape index (κ2) is 7.96. The fourth-order valence-corrected chi connectivity index (χ4v) is 4.17. The van der Waals surface area contributed by atoms with E-state index in [1.54, 1.807) is 62.4 Å². The molecule has 0 spiro atoms. The van der Waals surface area contributed by atoms with Gasteiger partial charge in [-0.15, -0.1) is 0 Å². The molecule has 1 aliphatic rings. The lowest BCUT2D eigenvalue weighted by atomic mass is 9.97. The first-order valence-electron chi connectivity index (χ1n) is 9.60. The zero-order valence-corrected chi connectivity index (χ0v) is 17.9. The number of carbonyl (C=O) groups excluding carboxylic acids is 2. The molecule has 0 radical (unpaired) electrons. The van der Waals surface area contributed by atoms with Gasteiger partial charge >= 0.3 is 0 Å². The standard InChI is InChI=1S/C24H20ClNO5/c1-13-11-16(23(30-3)17(25)12-13)21(27)19-20(18-10-9-14(2)31-18)26(24(29)22(19)28)15-7-5-4-6-8-15/h4-12,20,27H,1-3H3/b21-19+. The van der Waals surface area contributed by atoms with Crippen LogP contribution in [0.3, 0.4) is 0 Å². The first-order chi connectivity index (χ1) is 14.8. The molecule has 1 saturated heterocycles. The highest BCUT2D eigenvalue weighted by molar-refractivity contribution is 6.51. The van der Waals surface area contributed by atoms with E-state index in [2.05, 4.69) is 0 Å². The number of rotatable bonds is 4. The molecular formula is C24H20ClNO5. The molecule has 7 heteroatoms. The minimum absolute atomic E-state index is 0.0943. The average molecular weight is 438 g/mol. The van der Waals surface area contributed by atoms with Gasteiger partial charge in [0, 0.05) is 5.69 Å². The fourth-order valence-electron chi connectivity index (χ4n) is 3.81. The van der Waals surface area contributed by atoms with Gasteiger partial charge in [-0.25, -0.2) is 0 Å². The van der Waals surface area contributed by atoms with Gasteiger partial charge in [-0.1, -0.05) is 29.8 Å². The van der Waals surface area contributed by atoms with Gasteiger partial charge in [-0.2, -0.15) is 0 Å². The number of aryl methyl sites for hydroxylation is 2. The number of ketones is 1. The third-order valence-corrected chi connectivity index (χ3v) is 5.44. The Morgan fingerprint density at radius 3 is 2.42 bits per heavy atom. The third kappa shape index (κ3) is 3.49. The lowest BCUT2D eigenvalue weighted by Gasteiger charge is -2.23. The van der Waals surface area contributed by atoms with Crippen molar-refractivity contribution in [3.05, 3.63) is 87.8 Å². The largest absolute Gasteiger partial charge is 0.507 e. The van der Waals surface area contributed by atoms with Gasteiger partial charge < -0.3 is 14.3 Å². The summed E-state index contributed by atoms with van der Waals surface area (Å²) in [6.07, 6.45) is 0. The molecule has 0 saturated carbocycles. The van der Waals surface area contributed by atoms with Gasteiger partial charge in [0.25, 0.3) is 11.7 Å². The molecule has 1 aliphatic heterocycles. The van der Waals surface area contributed by atoms with E-state index in [1.165, 1.54) is 12.0 Å². The normalized spacial score (nSPS) is 17.9. The van der Waals surface area contributed by atoms with E-state index in [0.29, 0.717) is 17.2 Å². The number of furan rings is 1. The molecule has 1 fully saturated rings. The summed E-state index contributed by atoms with van der Waals surface area (Å²) in [4.78, 5) is 27.5. The van der Waals surface area contributed by atoms with Gasteiger partial charge in [0.2, 0.25) is 0 Å². The topological polar surface area (TPSA) is 80.0 Å². The number of benzene rings is 2. The molecule has 0 bridgehead atoms. The van der Waals surface area contributed by atoms with Gasteiger partial charge in [0.05, 0.1) is 23.3 Å². The summed E-state index contributed by atoms with van der Waals surface area (Å²) in [6.45, 7) is 3.57. The Kier molecular flexibility index (Phi) is 5.33. The van der Waals surface area contributed by atoms with Crippen LogP contribution in [0.15, 0.2) is 64.6 Å². The first-order valence-corrected chi connectivity index (χ1v) is 9.98. The van der Waals surface area contributed by atoms with Crippen LogP contribution in [0, 0.1) is 13.8 Å². The Morgan fingerprint density at radius 2 is 1.81 bits per heavy atom. The van der Waals surface area contributed by atoms with E-state index in [1.807, 2.05) is 6.07 Å². The number of methoxy groups -OCH3 is 1. The Balaban J connectivity index is 2.00. The molecule has 3 aromatic rings. The number of carbonyl (C=O) groups is 2. The number of aliphatic hydroxyl groups is 1. The van der Waals surface area contributed by atoms with Crippen molar-refractivity contribution in [2.45, 2.75) is 19.9 Å². The molecule has 1 aromatic heterocycles. The lowest BCUT2D eigenvalue weighted by molar-refractivity contribution is -0.132. The number of halogens is 1. The zero-order chi connectivity index (χ0) is 22.3. The van der Waals surface area contributed by atoms with Crippen LogP contribution in [0.4, 0.5) is 5.69 Å². The maximum atomic E-state index is 13.1. The van der Waals surface area contributed by atoms with E-state index in [-0.39, 0.29) is 27.7 Å². The summed E-state index contributed by atoms with van der Waals surface area (Å²) in [5.74, 6) is -0.766. The van der Waals surface area contributed by atoms with Crippen LogP contribution in [0.25, 0.3) is 5.76 Å². The number of hydrogen-bond donors (Lipinski definition) is 1. The number of nitrogens with zero attached hydrogens (tertiary/aromatic N) is 1. The number of para-hydroxylation sites is 1. The minimum Gasteiger partial charge on any atom is -0.507 e. The van der Waals surface area contributed by atoms with Crippen molar-refractivity contribution in [3.63, 3.8) is 0 Å². The molecule has 2 aromatic carbocycles. The Hall–Kier alpha value is -3.51. The quantitative estimate of drug-likeness (QED) is 0.345. The predicted molar refractivity (Wildman–Crippen MR) is 117 cm³/mol. The molecule has 1 N–H and O–H groups in total. The Morgan fingerprint density at radius 1 is 1.10 bits per heavy atom. The highest BCUT2D eigenvalue weighted by atomic mass is 35.5. The summed E-state index contributed by atoms with van der Waals surface area (Å²) >= 11 is 6.29. The number of anilines is 1. The zero-order valence-electron chi connectivity index (χ0n) is 17.2. The van der Waals surface area contributed by atoms with Gasteiger partial charge in [0.1, 0.15) is 29.1 Å². The average Bonchev–Trinajstić information content (AvgIpc) is 3.28. The van der Waals surface area contributed by atoms with Gasteiger partial charge in [-0.3, -0.25) is 14.5 Å². The van der Waals surface area contributed by atoms with E-state index < -0.39 is 17.7 Å². The summed E-state index contributed by atoms with van der Waals surface area (Å²) in [6, 6.07) is 14.6. The van der Waals surface area contributed by atoms with Crippen molar-refractivity contribution in [2.24, 2.45) is 0 Å². The second-order valence-electron chi connectivity index (χ2n) is 7.28. The van der Waals surface area contributed by atoms with E-state index >= 15 is 0 Å². The number of hydrogen-bond acceptors (Lipinski definition) is 5. The summed E-state index contributed by atoms with van der Waals surface area (Å²) < 4.78 is 11.2.